The maximum atomic E-state index is 14.7. The van der Waals surface area contributed by atoms with Gasteiger partial charge < -0.3 is 0 Å². The van der Waals surface area contributed by atoms with Gasteiger partial charge in [0.05, 0.1) is 0 Å². The minimum atomic E-state index is -2.93. The Labute approximate surface area is 109 Å². The molecule has 0 N–H and O–H groups in total. The van der Waals surface area contributed by atoms with Crippen LogP contribution in [0.5, 0.6) is 0 Å². The van der Waals surface area contributed by atoms with Crippen molar-refractivity contribution in [3.05, 3.63) is 71.8 Å². The molecule has 0 radical (unpaired) electrons. The van der Waals surface area contributed by atoms with Gasteiger partial charge in [-0.15, -0.1) is 0 Å². The van der Waals surface area contributed by atoms with Gasteiger partial charge in [0.1, 0.15) is 0 Å². The molecule has 0 heterocycles. The maximum absolute atomic E-state index is 14.7. The molecule has 0 atom stereocenters. The van der Waals surface area contributed by atoms with Crippen molar-refractivity contribution in [3.63, 3.8) is 0 Å². The minimum absolute atomic E-state index is 0.0983. The molecule has 0 aromatic heterocycles. The first kappa shape index (κ1) is 10.7. The average Bonchev–Trinajstić information content (AvgIpc) is 2.45. The SMILES string of the molecule is FC1(F)c2ccccc2-c2cccc3cccc1c23. The number of fused-ring (bicyclic) bond motifs is 2. The normalized spacial score (nSPS) is 15.3. The summed E-state index contributed by atoms with van der Waals surface area (Å²) >= 11 is 0. The summed E-state index contributed by atoms with van der Waals surface area (Å²) in [6, 6.07) is 17.6. The van der Waals surface area contributed by atoms with E-state index in [0.717, 1.165) is 10.9 Å². The van der Waals surface area contributed by atoms with Gasteiger partial charge in [-0.1, -0.05) is 60.7 Å². The first-order chi connectivity index (χ1) is 9.19. The van der Waals surface area contributed by atoms with Crippen molar-refractivity contribution in [1.82, 2.24) is 0 Å². The molecule has 2 heteroatoms. The Morgan fingerprint density at radius 3 is 2.11 bits per heavy atom. The Balaban J connectivity index is 2.28. The lowest BCUT2D eigenvalue weighted by Crippen LogP contribution is -2.20. The lowest BCUT2D eigenvalue weighted by atomic mass is 9.81. The number of alkyl halides is 2. The summed E-state index contributed by atoms with van der Waals surface area (Å²) in [4.78, 5) is 0. The van der Waals surface area contributed by atoms with E-state index in [4.69, 9.17) is 0 Å². The zero-order valence-electron chi connectivity index (χ0n) is 10.0. The van der Waals surface area contributed by atoms with Crippen LogP contribution in [0.2, 0.25) is 0 Å². The Kier molecular flexibility index (Phi) is 1.92. The van der Waals surface area contributed by atoms with Gasteiger partial charge in [0.2, 0.25) is 0 Å². The van der Waals surface area contributed by atoms with Crippen LogP contribution in [0.15, 0.2) is 60.7 Å². The highest BCUT2D eigenvalue weighted by atomic mass is 19.3. The highest BCUT2D eigenvalue weighted by Crippen LogP contribution is 2.50. The maximum Gasteiger partial charge on any atom is 0.299 e. The summed E-state index contributed by atoms with van der Waals surface area (Å²) in [7, 11) is 0. The van der Waals surface area contributed by atoms with E-state index in [0.29, 0.717) is 10.9 Å². The van der Waals surface area contributed by atoms with Gasteiger partial charge in [0.15, 0.2) is 0 Å². The fraction of sp³-hybridized carbons (Fsp3) is 0.0588. The smallest absolute Gasteiger partial charge is 0.196 e. The molecule has 4 rings (SSSR count). The number of hydrogen-bond acceptors (Lipinski definition) is 0. The molecule has 0 amide bonds. The van der Waals surface area contributed by atoms with Crippen LogP contribution in [0.4, 0.5) is 8.78 Å². The van der Waals surface area contributed by atoms with Gasteiger partial charge in [0.25, 0.3) is 5.92 Å². The summed E-state index contributed by atoms with van der Waals surface area (Å²) in [5.41, 5.74) is 1.74. The predicted octanol–water partition coefficient (Wildman–Crippen LogP) is 4.96. The number of hydrogen-bond donors (Lipinski definition) is 0. The Hall–Kier alpha value is -2.22. The standard InChI is InChI=1S/C17H10F2/c18-17(19)14-9-2-1-7-12(14)13-8-3-5-11-6-4-10-15(17)16(11)13/h1-10H. The first-order valence-corrected chi connectivity index (χ1v) is 6.19. The van der Waals surface area contributed by atoms with Crippen molar-refractivity contribution in [2.45, 2.75) is 5.92 Å². The molecule has 3 aromatic carbocycles. The molecule has 0 unspecified atom stereocenters. The van der Waals surface area contributed by atoms with E-state index < -0.39 is 5.92 Å². The molecule has 0 saturated carbocycles. The topological polar surface area (TPSA) is 0 Å². The minimum Gasteiger partial charge on any atom is -0.196 e. The van der Waals surface area contributed by atoms with Crippen LogP contribution >= 0.6 is 0 Å². The molecule has 1 aliphatic rings. The van der Waals surface area contributed by atoms with E-state index in [1.165, 1.54) is 12.1 Å². The average molecular weight is 252 g/mol. The molecule has 0 saturated heterocycles. The van der Waals surface area contributed by atoms with Gasteiger partial charge in [-0.3, -0.25) is 0 Å². The summed E-state index contributed by atoms with van der Waals surface area (Å²) in [6.45, 7) is 0. The third-order valence-corrected chi connectivity index (χ3v) is 3.80. The fourth-order valence-corrected chi connectivity index (χ4v) is 2.96. The predicted molar refractivity (Wildman–Crippen MR) is 72.4 cm³/mol. The third-order valence-electron chi connectivity index (χ3n) is 3.80. The fourth-order valence-electron chi connectivity index (χ4n) is 2.96. The van der Waals surface area contributed by atoms with E-state index in [1.54, 1.807) is 18.2 Å². The second-order valence-electron chi connectivity index (χ2n) is 4.83. The summed E-state index contributed by atoms with van der Waals surface area (Å²) in [6.07, 6.45) is 0. The second kappa shape index (κ2) is 3.41. The van der Waals surface area contributed by atoms with Crippen molar-refractivity contribution in [1.29, 1.82) is 0 Å². The Bertz CT molecular complexity index is 798. The van der Waals surface area contributed by atoms with Gasteiger partial charge in [-0.25, -0.2) is 0 Å². The van der Waals surface area contributed by atoms with Crippen LogP contribution in [0.25, 0.3) is 21.9 Å². The highest BCUT2D eigenvalue weighted by Gasteiger charge is 2.41. The lowest BCUT2D eigenvalue weighted by Gasteiger charge is -2.28. The van der Waals surface area contributed by atoms with Crippen LogP contribution in [-0.4, -0.2) is 0 Å². The molecule has 0 spiro atoms. The quantitative estimate of drug-likeness (QED) is 0.530. The van der Waals surface area contributed by atoms with Crippen molar-refractivity contribution in [2.24, 2.45) is 0 Å². The van der Waals surface area contributed by atoms with Crippen LogP contribution in [0.3, 0.4) is 0 Å². The monoisotopic (exact) mass is 252 g/mol. The van der Waals surface area contributed by atoms with Gasteiger partial charge in [-0.2, -0.15) is 8.78 Å². The molecule has 92 valence electrons. The van der Waals surface area contributed by atoms with Crippen molar-refractivity contribution in [2.75, 3.05) is 0 Å². The second-order valence-corrected chi connectivity index (χ2v) is 4.83. The van der Waals surface area contributed by atoms with Crippen LogP contribution in [0, 0.1) is 0 Å². The first-order valence-electron chi connectivity index (χ1n) is 6.19. The molecular weight excluding hydrogens is 242 g/mol. The lowest BCUT2D eigenvalue weighted by molar-refractivity contribution is 0.0443. The van der Waals surface area contributed by atoms with Gasteiger partial charge in [-0.05, 0) is 21.9 Å². The van der Waals surface area contributed by atoms with Gasteiger partial charge >= 0.3 is 0 Å². The van der Waals surface area contributed by atoms with E-state index in [9.17, 15) is 8.78 Å². The Morgan fingerprint density at radius 2 is 1.26 bits per heavy atom. The van der Waals surface area contributed by atoms with E-state index in [2.05, 4.69) is 0 Å². The number of benzene rings is 3. The molecule has 0 aliphatic heterocycles. The molecular formula is C17H10F2. The molecule has 0 nitrogen and oxygen atoms in total. The van der Waals surface area contributed by atoms with E-state index in [1.807, 2.05) is 30.3 Å². The van der Waals surface area contributed by atoms with Crippen LogP contribution < -0.4 is 0 Å². The summed E-state index contributed by atoms with van der Waals surface area (Å²) in [5.74, 6) is -2.93. The number of halogens is 2. The van der Waals surface area contributed by atoms with Gasteiger partial charge in [0, 0.05) is 11.1 Å². The molecule has 3 aromatic rings. The molecule has 1 aliphatic carbocycles. The zero-order valence-corrected chi connectivity index (χ0v) is 10.0. The largest absolute Gasteiger partial charge is 0.299 e. The Morgan fingerprint density at radius 1 is 0.632 bits per heavy atom. The third kappa shape index (κ3) is 1.26. The molecule has 0 fully saturated rings. The van der Waals surface area contributed by atoms with E-state index in [-0.39, 0.29) is 11.1 Å². The summed E-state index contributed by atoms with van der Waals surface area (Å²) < 4.78 is 29.3. The zero-order chi connectivity index (χ0) is 13.0. The van der Waals surface area contributed by atoms with Crippen molar-refractivity contribution < 1.29 is 8.78 Å². The number of rotatable bonds is 0. The summed E-state index contributed by atoms with van der Waals surface area (Å²) in [5, 5.41) is 1.54. The molecule has 0 bridgehead atoms. The van der Waals surface area contributed by atoms with Crippen LogP contribution in [0.1, 0.15) is 11.1 Å². The highest BCUT2D eigenvalue weighted by molar-refractivity contribution is 6.02. The molecule has 19 heavy (non-hydrogen) atoms. The van der Waals surface area contributed by atoms with E-state index >= 15 is 0 Å². The van der Waals surface area contributed by atoms with Crippen molar-refractivity contribution >= 4 is 10.8 Å². The van der Waals surface area contributed by atoms with Crippen LogP contribution in [-0.2, 0) is 5.92 Å². The van der Waals surface area contributed by atoms with Crippen molar-refractivity contribution in [3.8, 4) is 11.1 Å².